The average molecular weight is 222 g/mol. The highest BCUT2D eigenvalue weighted by Gasteiger charge is 2.18. The molecule has 0 spiro atoms. The molecule has 0 bridgehead atoms. The lowest BCUT2D eigenvalue weighted by Crippen LogP contribution is -2.31. The van der Waals surface area contributed by atoms with Crippen LogP contribution in [0.2, 0.25) is 0 Å². The molecule has 0 aliphatic rings. The summed E-state index contributed by atoms with van der Waals surface area (Å²) in [7, 11) is 7.79. The van der Waals surface area contributed by atoms with Crippen LogP contribution in [0.15, 0.2) is 12.1 Å². The van der Waals surface area contributed by atoms with Gasteiger partial charge in [-0.2, -0.15) is 0 Å². The van der Waals surface area contributed by atoms with Gasteiger partial charge in [0.15, 0.2) is 0 Å². The average Bonchev–Trinajstić information content (AvgIpc) is 2.17. The lowest BCUT2D eigenvalue weighted by Gasteiger charge is -2.26. The van der Waals surface area contributed by atoms with Crippen LogP contribution in [-0.4, -0.2) is 33.2 Å². The summed E-state index contributed by atoms with van der Waals surface area (Å²) in [6, 6.07) is 4.32. The Morgan fingerprint density at radius 3 is 2.31 bits per heavy atom. The smallest absolute Gasteiger partial charge is 0.127 e. The summed E-state index contributed by atoms with van der Waals surface area (Å²) in [5.74, 6) is 0.971. The van der Waals surface area contributed by atoms with Crippen LogP contribution in [0, 0.1) is 13.8 Å². The largest absolute Gasteiger partial charge is 0.496 e. The van der Waals surface area contributed by atoms with Crippen molar-refractivity contribution >= 4 is 0 Å². The maximum atomic E-state index is 5.50. The summed E-state index contributed by atoms with van der Waals surface area (Å²) in [6.07, 6.45) is 0.175. The van der Waals surface area contributed by atoms with E-state index in [9.17, 15) is 0 Å². The van der Waals surface area contributed by atoms with Crippen LogP contribution >= 0.6 is 0 Å². The van der Waals surface area contributed by atoms with Gasteiger partial charge < -0.3 is 10.1 Å². The van der Waals surface area contributed by atoms with Crippen LogP contribution in [0.1, 0.15) is 22.9 Å². The monoisotopic (exact) mass is 222 g/mol. The molecule has 0 fully saturated rings. The highest BCUT2D eigenvalue weighted by atomic mass is 16.5. The summed E-state index contributed by atoms with van der Waals surface area (Å²) in [5.41, 5.74) is 3.63. The fourth-order valence-electron chi connectivity index (χ4n) is 2.16. The van der Waals surface area contributed by atoms with E-state index < -0.39 is 0 Å². The van der Waals surface area contributed by atoms with Crippen LogP contribution < -0.4 is 10.1 Å². The first-order chi connectivity index (χ1) is 7.51. The zero-order valence-electron chi connectivity index (χ0n) is 11.1. The fraction of sp³-hybridized carbons (Fsp3) is 0.538. The zero-order valence-corrected chi connectivity index (χ0v) is 11.1. The quantitative estimate of drug-likeness (QED) is 0.790. The molecule has 0 heterocycles. The fourth-order valence-corrected chi connectivity index (χ4v) is 2.16. The standard InChI is InChI=1S/C13H22N2O/c1-9-7-10(2)12(16-6)11(8-9)13(14-3)15(4)5/h7-8,13-14H,1-6H3. The number of nitrogens with one attached hydrogen (secondary N) is 1. The lowest BCUT2D eigenvalue weighted by molar-refractivity contribution is 0.256. The summed E-state index contributed by atoms with van der Waals surface area (Å²) in [5, 5.41) is 3.29. The molecule has 1 atom stereocenters. The summed E-state index contributed by atoms with van der Waals surface area (Å²) in [4.78, 5) is 2.14. The van der Waals surface area contributed by atoms with Gasteiger partial charge in [-0.3, -0.25) is 4.90 Å². The maximum Gasteiger partial charge on any atom is 0.127 e. The molecule has 0 aliphatic carbocycles. The van der Waals surface area contributed by atoms with Crippen LogP contribution in [-0.2, 0) is 0 Å². The molecule has 1 rings (SSSR count). The van der Waals surface area contributed by atoms with E-state index in [1.165, 1.54) is 16.7 Å². The van der Waals surface area contributed by atoms with E-state index in [-0.39, 0.29) is 6.17 Å². The molecule has 90 valence electrons. The summed E-state index contributed by atoms with van der Waals surface area (Å²) < 4.78 is 5.50. The predicted octanol–water partition coefficient (Wildman–Crippen LogP) is 2.09. The van der Waals surface area contributed by atoms with E-state index in [0.717, 1.165) is 5.75 Å². The molecule has 1 aromatic carbocycles. The van der Waals surface area contributed by atoms with Crippen molar-refractivity contribution in [3.63, 3.8) is 0 Å². The van der Waals surface area contributed by atoms with Gasteiger partial charge in [0.2, 0.25) is 0 Å². The van der Waals surface area contributed by atoms with Crippen molar-refractivity contribution in [3.8, 4) is 5.75 Å². The number of ether oxygens (including phenoxy) is 1. The number of methoxy groups -OCH3 is 1. The van der Waals surface area contributed by atoms with Gasteiger partial charge in [0.1, 0.15) is 5.75 Å². The Morgan fingerprint density at radius 1 is 1.25 bits per heavy atom. The van der Waals surface area contributed by atoms with Crippen molar-refractivity contribution in [1.29, 1.82) is 0 Å². The molecule has 3 heteroatoms. The third-order valence-electron chi connectivity index (χ3n) is 2.74. The predicted molar refractivity (Wildman–Crippen MR) is 68.0 cm³/mol. The normalized spacial score (nSPS) is 12.9. The Bertz CT molecular complexity index is 361. The van der Waals surface area contributed by atoms with Gasteiger partial charge in [-0.15, -0.1) is 0 Å². The molecule has 0 amide bonds. The second-order valence-corrected chi connectivity index (χ2v) is 4.36. The second kappa shape index (κ2) is 5.32. The van der Waals surface area contributed by atoms with Gasteiger partial charge in [0, 0.05) is 5.56 Å². The Morgan fingerprint density at radius 2 is 1.88 bits per heavy atom. The number of benzene rings is 1. The van der Waals surface area contributed by atoms with Crippen molar-refractivity contribution in [3.05, 3.63) is 28.8 Å². The molecule has 0 aromatic heterocycles. The Hall–Kier alpha value is -1.06. The molecule has 1 N–H and O–H groups in total. The zero-order chi connectivity index (χ0) is 12.3. The highest BCUT2D eigenvalue weighted by Crippen LogP contribution is 2.30. The summed E-state index contributed by atoms with van der Waals surface area (Å²) in [6.45, 7) is 4.19. The molecule has 0 saturated carbocycles. The van der Waals surface area contributed by atoms with Gasteiger partial charge >= 0.3 is 0 Å². The van der Waals surface area contributed by atoms with Crippen molar-refractivity contribution in [2.45, 2.75) is 20.0 Å². The van der Waals surface area contributed by atoms with Crippen molar-refractivity contribution in [1.82, 2.24) is 10.2 Å². The van der Waals surface area contributed by atoms with Crippen LogP contribution in [0.5, 0.6) is 5.75 Å². The molecule has 1 unspecified atom stereocenters. The van der Waals surface area contributed by atoms with Gasteiger partial charge in [0.25, 0.3) is 0 Å². The first-order valence-electron chi connectivity index (χ1n) is 5.50. The van der Waals surface area contributed by atoms with E-state index >= 15 is 0 Å². The van der Waals surface area contributed by atoms with E-state index in [2.05, 4.69) is 50.3 Å². The molecule has 1 aromatic rings. The molecule has 0 aliphatic heterocycles. The van der Waals surface area contributed by atoms with Gasteiger partial charge in [-0.1, -0.05) is 11.6 Å². The third kappa shape index (κ3) is 2.54. The van der Waals surface area contributed by atoms with E-state index in [0.29, 0.717) is 0 Å². The van der Waals surface area contributed by atoms with Gasteiger partial charge in [0.05, 0.1) is 13.3 Å². The highest BCUT2D eigenvalue weighted by molar-refractivity contribution is 5.45. The van der Waals surface area contributed by atoms with E-state index in [4.69, 9.17) is 4.74 Å². The number of rotatable bonds is 4. The molecule has 3 nitrogen and oxygen atoms in total. The SMILES string of the molecule is CNC(c1cc(C)cc(C)c1OC)N(C)C. The van der Waals surface area contributed by atoms with Gasteiger partial charge in [-0.05, 0) is 46.6 Å². The minimum absolute atomic E-state index is 0.175. The van der Waals surface area contributed by atoms with Gasteiger partial charge in [-0.25, -0.2) is 0 Å². The second-order valence-electron chi connectivity index (χ2n) is 4.36. The molecular weight excluding hydrogens is 200 g/mol. The topological polar surface area (TPSA) is 24.5 Å². The van der Waals surface area contributed by atoms with Crippen LogP contribution in [0.3, 0.4) is 0 Å². The van der Waals surface area contributed by atoms with Crippen molar-refractivity contribution in [2.75, 3.05) is 28.3 Å². The number of hydrogen-bond acceptors (Lipinski definition) is 3. The first-order valence-corrected chi connectivity index (χ1v) is 5.50. The maximum absolute atomic E-state index is 5.50. The molecule has 0 radical (unpaired) electrons. The first kappa shape index (κ1) is 13.0. The van der Waals surface area contributed by atoms with Crippen molar-refractivity contribution < 1.29 is 4.74 Å². The molecular formula is C13H22N2O. The Balaban J connectivity index is 3.29. The Labute approximate surface area is 98.4 Å². The number of nitrogens with zero attached hydrogens (tertiary/aromatic N) is 1. The van der Waals surface area contributed by atoms with E-state index in [1.54, 1.807) is 7.11 Å². The van der Waals surface area contributed by atoms with Crippen molar-refractivity contribution in [2.24, 2.45) is 0 Å². The minimum Gasteiger partial charge on any atom is -0.496 e. The Kier molecular flexibility index (Phi) is 4.33. The summed E-state index contributed by atoms with van der Waals surface area (Å²) >= 11 is 0. The molecule has 0 saturated heterocycles. The lowest BCUT2D eigenvalue weighted by atomic mass is 10.0. The number of hydrogen-bond donors (Lipinski definition) is 1. The van der Waals surface area contributed by atoms with E-state index in [1.807, 2.05) is 7.05 Å². The molecule has 16 heavy (non-hydrogen) atoms. The third-order valence-corrected chi connectivity index (χ3v) is 2.74. The van der Waals surface area contributed by atoms with Crippen LogP contribution in [0.25, 0.3) is 0 Å². The van der Waals surface area contributed by atoms with Crippen LogP contribution in [0.4, 0.5) is 0 Å². The number of aryl methyl sites for hydroxylation is 2. The minimum atomic E-state index is 0.175.